The van der Waals surface area contributed by atoms with E-state index in [4.69, 9.17) is 9.15 Å². The third-order valence-electron chi connectivity index (χ3n) is 6.44. The summed E-state index contributed by atoms with van der Waals surface area (Å²) in [6.45, 7) is 4.43. The lowest BCUT2D eigenvalue weighted by molar-refractivity contribution is 0.255. The first-order valence-corrected chi connectivity index (χ1v) is 10.4. The molecular formula is C26H27NO2. The second-order valence-corrected chi connectivity index (χ2v) is 8.25. The fourth-order valence-electron chi connectivity index (χ4n) is 4.84. The standard InChI is InChI=1S/C26H27NO2/c1-17-26(19-11-13-27(2)14-12-19)24-15-20(8-10-25(24)29-17)22-6-4-5-18-7-9-21(28-3)16-23(18)22/h4-10,15-16,19H,11-14H2,1-3H3. The minimum atomic E-state index is 0.579. The minimum absolute atomic E-state index is 0.579. The zero-order valence-corrected chi connectivity index (χ0v) is 17.4. The Bertz CT molecular complexity index is 1180. The topological polar surface area (TPSA) is 25.6 Å². The zero-order chi connectivity index (χ0) is 20.0. The van der Waals surface area contributed by atoms with Gasteiger partial charge in [0, 0.05) is 10.9 Å². The first-order chi connectivity index (χ1) is 14.1. The molecule has 1 fully saturated rings. The maximum Gasteiger partial charge on any atom is 0.134 e. The van der Waals surface area contributed by atoms with Crippen molar-refractivity contribution >= 4 is 21.7 Å². The first kappa shape index (κ1) is 18.3. The summed E-state index contributed by atoms with van der Waals surface area (Å²) in [7, 11) is 3.93. The second kappa shape index (κ2) is 7.23. The number of aryl methyl sites for hydroxylation is 1. The van der Waals surface area contributed by atoms with Crippen LogP contribution in [-0.4, -0.2) is 32.1 Å². The summed E-state index contributed by atoms with van der Waals surface area (Å²) in [5.74, 6) is 2.54. The smallest absolute Gasteiger partial charge is 0.134 e. The predicted octanol–water partition coefficient (Wildman–Crippen LogP) is 6.38. The third-order valence-corrected chi connectivity index (χ3v) is 6.44. The van der Waals surface area contributed by atoms with E-state index >= 15 is 0 Å². The molecule has 29 heavy (non-hydrogen) atoms. The van der Waals surface area contributed by atoms with E-state index in [1.807, 2.05) is 6.07 Å². The Labute approximate surface area is 171 Å². The number of furan rings is 1. The molecule has 4 aromatic rings. The van der Waals surface area contributed by atoms with Crippen LogP contribution >= 0.6 is 0 Å². The lowest BCUT2D eigenvalue weighted by Gasteiger charge is -2.29. The third kappa shape index (κ3) is 3.20. The SMILES string of the molecule is COc1ccc2cccc(-c3ccc4oc(C)c(C5CCN(C)CC5)c4c3)c2c1. The van der Waals surface area contributed by atoms with Crippen molar-refractivity contribution in [3.8, 4) is 16.9 Å². The van der Waals surface area contributed by atoms with Crippen LogP contribution in [0, 0.1) is 6.92 Å². The van der Waals surface area contributed by atoms with Gasteiger partial charge in [0.1, 0.15) is 17.1 Å². The van der Waals surface area contributed by atoms with Gasteiger partial charge in [0.05, 0.1) is 7.11 Å². The minimum Gasteiger partial charge on any atom is -0.497 e. The Hall–Kier alpha value is -2.78. The van der Waals surface area contributed by atoms with Crippen LogP contribution in [0.25, 0.3) is 32.9 Å². The number of hydrogen-bond acceptors (Lipinski definition) is 3. The highest BCUT2D eigenvalue weighted by atomic mass is 16.5. The van der Waals surface area contributed by atoms with Gasteiger partial charge in [0.25, 0.3) is 0 Å². The Morgan fingerprint density at radius 3 is 2.59 bits per heavy atom. The average molecular weight is 386 g/mol. The van der Waals surface area contributed by atoms with Gasteiger partial charge in [0.15, 0.2) is 0 Å². The molecule has 0 saturated carbocycles. The predicted molar refractivity (Wildman–Crippen MR) is 120 cm³/mol. The maximum atomic E-state index is 6.16. The normalized spacial score (nSPS) is 16.0. The van der Waals surface area contributed by atoms with Crippen LogP contribution < -0.4 is 4.74 Å². The van der Waals surface area contributed by atoms with Crippen LogP contribution in [-0.2, 0) is 0 Å². The largest absolute Gasteiger partial charge is 0.497 e. The lowest BCUT2D eigenvalue weighted by Crippen LogP contribution is -2.29. The summed E-state index contributed by atoms with van der Waals surface area (Å²) >= 11 is 0. The summed E-state index contributed by atoms with van der Waals surface area (Å²) in [4.78, 5) is 2.42. The van der Waals surface area contributed by atoms with Gasteiger partial charge in [-0.15, -0.1) is 0 Å². The van der Waals surface area contributed by atoms with E-state index in [-0.39, 0.29) is 0 Å². The van der Waals surface area contributed by atoms with Crippen molar-refractivity contribution in [2.75, 3.05) is 27.2 Å². The molecule has 0 N–H and O–H groups in total. The van der Waals surface area contributed by atoms with E-state index in [0.717, 1.165) is 30.2 Å². The lowest BCUT2D eigenvalue weighted by atomic mass is 9.87. The summed E-state index contributed by atoms with van der Waals surface area (Å²) in [6.07, 6.45) is 2.39. The summed E-state index contributed by atoms with van der Waals surface area (Å²) < 4.78 is 11.6. The quantitative estimate of drug-likeness (QED) is 0.409. The van der Waals surface area contributed by atoms with Gasteiger partial charge in [-0.3, -0.25) is 0 Å². The monoisotopic (exact) mass is 385 g/mol. The summed E-state index contributed by atoms with van der Waals surface area (Å²) in [6, 6.07) is 19.4. The number of hydrogen-bond donors (Lipinski definition) is 0. The second-order valence-electron chi connectivity index (χ2n) is 8.25. The van der Waals surface area contributed by atoms with Gasteiger partial charge in [-0.2, -0.15) is 0 Å². The number of rotatable bonds is 3. The Balaban J connectivity index is 1.65. The highest BCUT2D eigenvalue weighted by molar-refractivity contribution is 5.99. The molecule has 2 heterocycles. The molecule has 3 nitrogen and oxygen atoms in total. The van der Waals surface area contributed by atoms with E-state index < -0.39 is 0 Å². The van der Waals surface area contributed by atoms with Crippen molar-refractivity contribution in [3.05, 3.63) is 65.9 Å². The van der Waals surface area contributed by atoms with Crippen LogP contribution in [0.15, 0.2) is 59.0 Å². The molecule has 0 atom stereocenters. The molecule has 1 aliphatic rings. The summed E-state index contributed by atoms with van der Waals surface area (Å²) in [5, 5.41) is 3.71. The molecule has 1 saturated heterocycles. The first-order valence-electron chi connectivity index (χ1n) is 10.4. The Morgan fingerprint density at radius 1 is 0.966 bits per heavy atom. The van der Waals surface area contributed by atoms with E-state index in [0.29, 0.717) is 5.92 Å². The number of likely N-dealkylation sites (tertiary alicyclic amines) is 1. The number of ether oxygens (including phenoxy) is 1. The molecule has 0 bridgehead atoms. The molecule has 3 heteroatoms. The van der Waals surface area contributed by atoms with Crippen LogP contribution in [0.1, 0.15) is 30.1 Å². The molecule has 0 aliphatic carbocycles. The van der Waals surface area contributed by atoms with Crippen molar-refractivity contribution in [2.45, 2.75) is 25.7 Å². The van der Waals surface area contributed by atoms with E-state index in [9.17, 15) is 0 Å². The van der Waals surface area contributed by atoms with Crippen LogP contribution in [0.5, 0.6) is 5.75 Å². The van der Waals surface area contributed by atoms with Gasteiger partial charge in [0.2, 0.25) is 0 Å². The molecule has 0 unspecified atom stereocenters. The van der Waals surface area contributed by atoms with Gasteiger partial charge >= 0.3 is 0 Å². The van der Waals surface area contributed by atoms with Gasteiger partial charge in [-0.25, -0.2) is 0 Å². The zero-order valence-electron chi connectivity index (χ0n) is 17.4. The molecule has 0 spiro atoms. The van der Waals surface area contributed by atoms with Crippen molar-refractivity contribution in [2.24, 2.45) is 0 Å². The van der Waals surface area contributed by atoms with Crippen LogP contribution in [0.2, 0.25) is 0 Å². The summed E-state index contributed by atoms with van der Waals surface area (Å²) in [5.41, 5.74) is 4.87. The van der Waals surface area contributed by atoms with Crippen molar-refractivity contribution < 1.29 is 9.15 Å². The van der Waals surface area contributed by atoms with Crippen LogP contribution in [0.3, 0.4) is 0 Å². The number of piperidine rings is 1. The number of nitrogens with zero attached hydrogens (tertiary/aromatic N) is 1. The molecule has 148 valence electrons. The van der Waals surface area contributed by atoms with Gasteiger partial charge < -0.3 is 14.1 Å². The highest BCUT2D eigenvalue weighted by Gasteiger charge is 2.24. The molecular weight excluding hydrogens is 358 g/mol. The van der Waals surface area contributed by atoms with E-state index in [1.54, 1.807) is 7.11 Å². The molecule has 3 aromatic carbocycles. The van der Waals surface area contributed by atoms with Gasteiger partial charge in [-0.05, 0) is 92.0 Å². The van der Waals surface area contributed by atoms with Gasteiger partial charge in [-0.1, -0.05) is 30.3 Å². The van der Waals surface area contributed by atoms with Crippen molar-refractivity contribution in [1.29, 1.82) is 0 Å². The fraction of sp³-hybridized carbons (Fsp3) is 0.308. The van der Waals surface area contributed by atoms with Crippen molar-refractivity contribution in [3.63, 3.8) is 0 Å². The van der Waals surface area contributed by atoms with E-state index in [2.05, 4.69) is 67.4 Å². The van der Waals surface area contributed by atoms with E-state index in [1.165, 1.54) is 45.7 Å². The highest BCUT2D eigenvalue weighted by Crippen LogP contribution is 2.40. The molecule has 1 aliphatic heterocycles. The average Bonchev–Trinajstić information content (AvgIpc) is 3.08. The Kier molecular flexibility index (Phi) is 4.56. The number of fused-ring (bicyclic) bond motifs is 2. The molecule has 5 rings (SSSR count). The number of benzene rings is 3. The number of methoxy groups -OCH3 is 1. The maximum absolute atomic E-state index is 6.16. The van der Waals surface area contributed by atoms with Crippen molar-refractivity contribution in [1.82, 2.24) is 4.90 Å². The Morgan fingerprint density at radius 2 is 1.79 bits per heavy atom. The fourth-order valence-corrected chi connectivity index (χ4v) is 4.84. The molecule has 1 aromatic heterocycles. The molecule has 0 amide bonds. The molecule has 0 radical (unpaired) electrons. The van der Waals surface area contributed by atoms with Crippen LogP contribution in [0.4, 0.5) is 0 Å².